The number of Topliss-reactive ketones (excluding diaryl/α,β-unsaturated/α-hetero) is 1. The van der Waals surface area contributed by atoms with E-state index in [1.165, 1.54) is 0 Å². The minimum Gasteiger partial charge on any atom is -0.380 e. The van der Waals surface area contributed by atoms with E-state index in [0.29, 0.717) is 42.2 Å². The summed E-state index contributed by atoms with van der Waals surface area (Å²) in [5.41, 5.74) is 4.55. The van der Waals surface area contributed by atoms with Gasteiger partial charge in [-0.25, -0.2) is 13.1 Å². The molecule has 0 radical (unpaired) electrons. The SMILES string of the molecule is CCCC1NC2CCCCC(=O)C2N1Cc1ccc(-c2ccccc2S(=O)(=O)Nc2onc(C)c2C)c(COC)c1. The summed E-state index contributed by atoms with van der Waals surface area (Å²) in [4.78, 5) is 15.6. The van der Waals surface area contributed by atoms with Gasteiger partial charge < -0.3 is 9.26 Å². The Kier molecular flexibility index (Phi) is 8.94. The maximum atomic E-state index is 13.5. The molecule has 220 valence electrons. The molecule has 1 saturated heterocycles. The van der Waals surface area contributed by atoms with Crippen molar-refractivity contribution in [1.82, 2.24) is 15.4 Å². The van der Waals surface area contributed by atoms with Gasteiger partial charge in [0.05, 0.1) is 29.4 Å². The third-order valence-electron chi connectivity index (χ3n) is 8.31. The lowest BCUT2D eigenvalue weighted by atomic mass is 9.96. The second kappa shape index (κ2) is 12.4. The van der Waals surface area contributed by atoms with Crippen molar-refractivity contribution in [2.45, 2.75) is 95.6 Å². The van der Waals surface area contributed by atoms with E-state index in [1.54, 1.807) is 39.2 Å². The standard InChI is InChI=1S/C31H40N4O5S/c1-5-10-29-32-26-12-7-8-13-27(36)30(26)35(29)18-22-15-16-24(23(17-22)19-39-4)25-11-6-9-14-28(25)41(37,38)34-31-20(2)21(3)33-40-31/h6,9,11,14-17,26,29-30,32,34H,5,7-8,10,12-13,18-19H2,1-4H3. The van der Waals surface area contributed by atoms with Crippen LogP contribution >= 0.6 is 0 Å². The van der Waals surface area contributed by atoms with E-state index in [4.69, 9.17) is 9.26 Å². The number of hydrogen-bond donors (Lipinski definition) is 2. The molecule has 3 atom stereocenters. The van der Waals surface area contributed by atoms with Gasteiger partial charge in [-0.1, -0.05) is 61.3 Å². The molecule has 2 aromatic carbocycles. The lowest BCUT2D eigenvalue weighted by molar-refractivity contribution is -0.124. The van der Waals surface area contributed by atoms with Gasteiger partial charge in [0.1, 0.15) is 0 Å². The number of rotatable bonds is 10. The highest BCUT2D eigenvalue weighted by Gasteiger charge is 2.44. The number of carbonyl (C=O) groups is 1. The average molecular weight is 581 g/mol. The smallest absolute Gasteiger partial charge is 0.264 e. The first-order valence-corrected chi connectivity index (χ1v) is 15.9. The number of benzene rings is 2. The predicted octanol–water partition coefficient (Wildman–Crippen LogP) is 5.32. The summed E-state index contributed by atoms with van der Waals surface area (Å²) in [7, 11) is -2.35. The number of nitrogens with one attached hydrogen (secondary N) is 2. The predicted molar refractivity (Wildman–Crippen MR) is 158 cm³/mol. The number of nitrogens with zero attached hydrogens (tertiary/aromatic N) is 2. The summed E-state index contributed by atoms with van der Waals surface area (Å²) in [5, 5.41) is 7.62. The largest absolute Gasteiger partial charge is 0.380 e. The molecule has 3 aromatic rings. The van der Waals surface area contributed by atoms with Gasteiger partial charge in [0.25, 0.3) is 10.0 Å². The van der Waals surface area contributed by atoms with Crippen LogP contribution in [0, 0.1) is 13.8 Å². The van der Waals surface area contributed by atoms with Crippen molar-refractivity contribution in [3.63, 3.8) is 0 Å². The van der Waals surface area contributed by atoms with Gasteiger partial charge in [-0.3, -0.25) is 15.0 Å². The molecule has 2 fully saturated rings. The Morgan fingerprint density at radius 1 is 1.15 bits per heavy atom. The zero-order valence-electron chi connectivity index (χ0n) is 24.3. The third kappa shape index (κ3) is 6.11. The van der Waals surface area contributed by atoms with Crippen LogP contribution in [0.1, 0.15) is 67.8 Å². The van der Waals surface area contributed by atoms with Gasteiger partial charge in [0.2, 0.25) is 5.88 Å². The van der Waals surface area contributed by atoms with Crippen LogP contribution in [0.3, 0.4) is 0 Å². The van der Waals surface area contributed by atoms with E-state index in [0.717, 1.165) is 48.8 Å². The van der Waals surface area contributed by atoms with Gasteiger partial charge in [-0.05, 0) is 55.9 Å². The summed E-state index contributed by atoms with van der Waals surface area (Å²) in [5.74, 6) is 0.438. The monoisotopic (exact) mass is 580 g/mol. The van der Waals surface area contributed by atoms with Crippen molar-refractivity contribution in [3.8, 4) is 11.1 Å². The highest BCUT2D eigenvalue weighted by Crippen LogP contribution is 2.35. The number of aryl methyl sites for hydroxylation is 1. The first-order valence-electron chi connectivity index (χ1n) is 14.4. The first kappa shape index (κ1) is 29.4. The Morgan fingerprint density at radius 2 is 1.95 bits per heavy atom. The van der Waals surface area contributed by atoms with Crippen LogP contribution in [0.5, 0.6) is 0 Å². The minimum absolute atomic E-state index is 0.108. The summed E-state index contributed by atoms with van der Waals surface area (Å²) in [6, 6.07) is 13.1. The lowest BCUT2D eigenvalue weighted by Gasteiger charge is -2.29. The molecule has 0 amide bonds. The fourth-order valence-electron chi connectivity index (χ4n) is 6.16. The molecule has 9 nitrogen and oxygen atoms in total. The molecule has 1 saturated carbocycles. The molecular formula is C31H40N4O5S. The van der Waals surface area contributed by atoms with E-state index in [1.807, 2.05) is 18.2 Å². The first-order chi connectivity index (χ1) is 19.7. The molecule has 2 N–H and O–H groups in total. The summed E-state index contributed by atoms with van der Waals surface area (Å²) in [6.07, 6.45) is 5.85. The number of hydrogen-bond acceptors (Lipinski definition) is 8. The maximum absolute atomic E-state index is 13.5. The number of aromatic nitrogens is 1. The molecule has 0 bridgehead atoms. The maximum Gasteiger partial charge on any atom is 0.264 e. The second-order valence-corrected chi connectivity index (χ2v) is 12.8. The van der Waals surface area contributed by atoms with Crippen molar-refractivity contribution < 1.29 is 22.5 Å². The highest BCUT2D eigenvalue weighted by molar-refractivity contribution is 7.92. The number of sulfonamides is 1. The third-order valence-corrected chi connectivity index (χ3v) is 9.70. The van der Waals surface area contributed by atoms with E-state index in [-0.39, 0.29) is 29.0 Å². The molecule has 2 aliphatic rings. The van der Waals surface area contributed by atoms with Gasteiger partial charge >= 0.3 is 0 Å². The molecule has 10 heteroatoms. The number of carbonyl (C=O) groups excluding carboxylic acids is 1. The Hall–Kier alpha value is -3.05. The topological polar surface area (TPSA) is 114 Å². The molecule has 1 aromatic heterocycles. The molecule has 2 heterocycles. The normalized spacial score (nSPS) is 21.6. The molecule has 1 aliphatic heterocycles. The highest BCUT2D eigenvalue weighted by atomic mass is 32.2. The Balaban J connectivity index is 1.48. The van der Waals surface area contributed by atoms with Crippen LogP contribution in [0.15, 0.2) is 51.9 Å². The van der Waals surface area contributed by atoms with Crippen molar-refractivity contribution in [3.05, 3.63) is 64.8 Å². The molecule has 1 aliphatic carbocycles. The zero-order valence-corrected chi connectivity index (χ0v) is 25.1. The molecular weight excluding hydrogens is 540 g/mol. The number of anilines is 1. The van der Waals surface area contributed by atoms with Crippen LogP contribution in [-0.2, 0) is 32.7 Å². The van der Waals surface area contributed by atoms with E-state index in [9.17, 15) is 13.2 Å². The number of ether oxygens (including phenoxy) is 1. The van der Waals surface area contributed by atoms with Crippen molar-refractivity contribution in [2.24, 2.45) is 0 Å². The van der Waals surface area contributed by atoms with Crippen molar-refractivity contribution in [1.29, 1.82) is 0 Å². The summed E-state index contributed by atoms with van der Waals surface area (Å²) in [6.45, 7) is 6.64. The number of methoxy groups -OCH3 is 1. The lowest BCUT2D eigenvalue weighted by Crippen LogP contribution is -2.43. The quantitative estimate of drug-likeness (QED) is 0.331. The van der Waals surface area contributed by atoms with E-state index >= 15 is 0 Å². The zero-order chi connectivity index (χ0) is 29.1. The van der Waals surface area contributed by atoms with Crippen molar-refractivity contribution in [2.75, 3.05) is 11.8 Å². The molecule has 41 heavy (non-hydrogen) atoms. The van der Waals surface area contributed by atoms with Crippen LogP contribution in [0.25, 0.3) is 11.1 Å². The van der Waals surface area contributed by atoms with Crippen LogP contribution < -0.4 is 10.0 Å². The average Bonchev–Trinajstić information content (AvgIpc) is 3.37. The van der Waals surface area contributed by atoms with Gasteiger partial charge in [0, 0.05) is 37.2 Å². The van der Waals surface area contributed by atoms with Crippen LogP contribution in [0.4, 0.5) is 5.88 Å². The Bertz CT molecular complexity index is 1500. The van der Waals surface area contributed by atoms with E-state index in [2.05, 4.69) is 33.1 Å². The molecule has 5 rings (SSSR count). The van der Waals surface area contributed by atoms with Gasteiger partial charge in [-0.15, -0.1) is 0 Å². The Morgan fingerprint density at radius 3 is 2.68 bits per heavy atom. The van der Waals surface area contributed by atoms with Crippen molar-refractivity contribution >= 4 is 21.7 Å². The fourth-order valence-corrected chi connectivity index (χ4v) is 7.43. The summed E-state index contributed by atoms with van der Waals surface area (Å²) >= 11 is 0. The number of ketones is 1. The molecule has 0 spiro atoms. The fraction of sp³-hybridized carbons (Fsp3) is 0.484. The van der Waals surface area contributed by atoms with Crippen LogP contribution in [0.2, 0.25) is 0 Å². The molecule has 3 unspecified atom stereocenters. The van der Waals surface area contributed by atoms with Gasteiger partial charge in [-0.2, -0.15) is 0 Å². The van der Waals surface area contributed by atoms with Crippen LogP contribution in [-0.4, -0.2) is 49.6 Å². The second-order valence-electron chi connectivity index (χ2n) is 11.2. The number of fused-ring (bicyclic) bond motifs is 1. The van der Waals surface area contributed by atoms with Gasteiger partial charge in [0.15, 0.2) is 5.78 Å². The van der Waals surface area contributed by atoms with E-state index < -0.39 is 10.0 Å². The summed E-state index contributed by atoms with van der Waals surface area (Å²) < 4.78 is 40.4. The minimum atomic E-state index is -3.98. The Labute approximate surface area is 242 Å².